The van der Waals surface area contributed by atoms with Crippen LogP contribution in [-0.4, -0.2) is 46.4 Å². The second-order valence-electron chi connectivity index (χ2n) is 4.15. The van der Waals surface area contributed by atoms with E-state index in [1.54, 1.807) is 0 Å². The molecule has 0 amide bonds. The van der Waals surface area contributed by atoms with Crippen LogP contribution in [0.4, 0.5) is 5.82 Å². The molecule has 1 aliphatic heterocycles. The molecule has 112 valence electrons. The number of hydrogen-bond acceptors (Lipinski definition) is 8. The fourth-order valence-electron chi connectivity index (χ4n) is 1.94. The van der Waals surface area contributed by atoms with Gasteiger partial charge in [0.15, 0.2) is 0 Å². The molecule has 1 aromatic heterocycles. The average Bonchev–Trinajstić information content (AvgIpc) is 2.69. The van der Waals surface area contributed by atoms with E-state index in [1.165, 1.54) is 12.3 Å². The molecule has 1 saturated heterocycles. The zero-order valence-corrected chi connectivity index (χ0v) is 10.9. The highest BCUT2D eigenvalue weighted by atomic mass is 32.3. The van der Waals surface area contributed by atoms with Crippen LogP contribution in [0.1, 0.15) is 12.6 Å². The van der Waals surface area contributed by atoms with Crippen LogP contribution in [0, 0.1) is 0 Å². The van der Waals surface area contributed by atoms with Gasteiger partial charge in [-0.15, -0.1) is 0 Å². The topological polar surface area (TPSA) is 154 Å². The Hall–Kier alpha value is -1.53. The molecular weight excluding hydrogens is 294 g/mol. The molecule has 0 unspecified atom stereocenters. The molecule has 4 N–H and O–H groups in total. The second kappa shape index (κ2) is 5.46. The summed E-state index contributed by atoms with van der Waals surface area (Å²) in [5.41, 5.74) is 4.67. The van der Waals surface area contributed by atoms with Crippen molar-refractivity contribution in [3.05, 3.63) is 22.7 Å². The number of aromatic nitrogens is 2. The Morgan fingerprint density at radius 2 is 2.30 bits per heavy atom. The second-order valence-corrected chi connectivity index (χ2v) is 5.20. The maximum absolute atomic E-state index is 11.6. The Morgan fingerprint density at radius 3 is 2.85 bits per heavy atom. The molecule has 20 heavy (non-hydrogen) atoms. The number of rotatable bonds is 4. The van der Waals surface area contributed by atoms with Gasteiger partial charge in [0.1, 0.15) is 24.3 Å². The maximum atomic E-state index is 11.6. The van der Waals surface area contributed by atoms with E-state index >= 15 is 0 Å². The third-order valence-corrected chi connectivity index (χ3v) is 3.26. The quantitative estimate of drug-likeness (QED) is 0.551. The molecule has 1 aromatic rings. The SMILES string of the molecule is Nc1ccn([C@H]2C[C@H](OS(=O)(=O)O)[C@@H](CO)O2)c(=O)n1. The van der Waals surface area contributed by atoms with Gasteiger partial charge in [0.05, 0.1) is 6.61 Å². The number of hydrogen-bond donors (Lipinski definition) is 3. The molecule has 2 rings (SSSR count). The van der Waals surface area contributed by atoms with Crippen LogP contribution in [-0.2, 0) is 19.3 Å². The molecule has 0 radical (unpaired) electrons. The molecule has 1 aliphatic rings. The lowest BCUT2D eigenvalue weighted by atomic mass is 10.2. The lowest BCUT2D eigenvalue weighted by Crippen LogP contribution is -2.30. The van der Waals surface area contributed by atoms with Crippen molar-refractivity contribution in [1.82, 2.24) is 9.55 Å². The molecule has 0 bridgehead atoms. The van der Waals surface area contributed by atoms with Crippen molar-refractivity contribution in [2.45, 2.75) is 24.9 Å². The van der Waals surface area contributed by atoms with Crippen molar-refractivity contribution < 1.29 is 27.0 Å². The molecule has 10 nitrogen and oxygen atoms in total. The Morgan fingerprint density at radius 1 is 1.60 bits per heavy atom. The third kappa shape index (κ3) is 3.32. The Labute approximate surface area is 113 Å². The molecule has 0 aliphatic carbocycles. The molecule has 1 fully saturated rings. The van der Waals surface area contributed by atoms with E-state index in [0.29, 0.717) is 0 Å². The van der Waals surface area contributed by atoms with Crippen LogP contribution >= 0.6 is 0 Å². The van der Waals surface area contributed by atoms with Gasteiger partial charge in [-0.3, -0.25) is 9.12 Å². The largest absolute Gasteiger partial charge is 0.397 e. The fraction of sp³-hybridized carbons (Fsp3) is 0.556. The van der Waals surface area contributed by atoms with Crippen LogP contribution in [0.25, 0.3) is 0 Å². The van der Waals surface area contributed by atoms with Gasteiger partial charge < -0.3 is 15.6 Å². The van der Waals surface area contributed by atoms with Crippen LogP contribution in [0.15, 0.2) is 17.1 Å². The molecular formula is C9H13N3O7S. The van der Waals surface area contributed by atoms with Gasteiger partial charge in [0.2, 0.25) is 0 Å². The summed E-state index contributed by atoms with van der Waals surface area (Å²) in [4.78, 5) is 15.1. The first kappa shape index (κ1) is 14.9. The number of nitrogen functional groups attached to an aromatic ring is 1. The third-order valence-electron chi connectivity index (χ3n) is 2.77. The normalized spacial score (nSPS) is 26.8. The Kier molecular flexibility index (Phi) is 4.06. The van der Waals surface area contributed by atoms with Crippen molar-refractivity contribution in [3.63, 3.8) is 0 Å². The van der Waals surface area contributed by atoms with Crippen LogP contribution in [0.3, 0.4) is 0 Å². The number of aliphatic hydroxyl groups is 1. The average molecular weight is 307 g/mol. The summed E-state index contributed by atoms with van der Waals surface area (Å²) in [6.45, 7) is -0.534. The molecule has 0 spiro atoms. The van der Waals surface area contributed by atoms with E-state index in [9.17, 15) is 13.2 Å². The van der Waals surface area contributed by atoms with Crippen LogP contribution in [0.5, 0.6) is 0 Å². The molecule has 0 saturated carbocycles. The van der Waals surface area contributed by atoms with E-state index < -0.39 is 41.1 Å². The first-order valence-electron chi connectivity index (χ1n) is 5.57. The number of anilines is 1. The van der Waals surface area contributed by atoms with Gasteiger partial charge >= 0.3 is 16.1 Å². The summed E-state index contributed by atoms with van der Waals surface area (Å²) < 4.78 is 40.9. The fourth-order valence-corrected chi connectivity index (χ4v) is 2.45. The summed E-state index contributed by atoms with van der Waals surface area (Å²) in [5.74, 6) is 0.0358. The van der Waals surface area contributed by atoms with Gasteiger partial charge in [-0.05, 0) is 6.07 Å². The van der Waals surface area contributed by atoms with Crippen molar-refractivity contribution in [3.8, 4) is 0 Å². The number of nitrogens with zero attached hydrogens (tertiary/aromatic N) is 2. The van der Waals surface area contributed by atoms with Gasteiger partial charge in [-0.1, -0.05) is 0 Å². The number of ether oxygens (including phenoxy) is 1. The summed E-state index contributed by atoms with van der Waals surface area (Å²) in [5, 5.41) is 9.11. The van der Waals surface area contributed by atoms with Crippen LogP contribution in [0.2, 0.25) is 0 Å². The first-order valence-corrected chi connectivity index (χ1v) is 6.93. The van der Waals surface area contributed by atoms with Crippen LogP contribution < -0.4 is 11.4 Å². The van der Waals surface area contributed by atoms with Gasteiger partial charge in [-0.25, -0.2) is 8.98 Å². The first-order chi connectivity index (χ1) is 9.30. The van der Waals surface area contributed by atoms with Crippen molar-refractivity contribution in [2.24, 2.45) is 0 Å². The summed E-state index contributed by atoms with van der Waals surface area (Å²) in [7, 11) is -4.69. The molecule has 3 atom stereocenters. The lowest BCUT2D eigenvalue weighted by Gasteiger charge is -2.14. The standard InChI is InChI=1S/C9H13N3O7S/c10-7-1-2-12(9(14)11-7)8-3-5(6(4-13)18-8)19-20(15,16)17/h1-2,5-6,8,13H,3-4H2,(H2,10,11,14)(H,15,16,17)/t5-,6+,8+/m0/s1. The smallest absolute Gasteiger partial charge is 0.394 e. The van der Waals surface area contributed by atoms with E-state index in [2.05, 4.69) is 9.17 Å². The summed E-state index contributed by atoms with van der Waals surface area (Å²) >= 11 is 0. The number of nitrogens with two attached hydrogens (primary N) is 1. The zero-order valence-electron chi connectivity index (χ0n) is 10.1. The van der Waals surface area contributed by atoms with Crippen molar-refractivity contribution in [2.75, 3.05) is 12.3 Å². The highest BCUT2D eigenvalue weighted by Gasteiger charge is 2.39. The number of aliphatic hydroxyl groups excluding tert-OH is 1. The molecule has 11 heteroatoms. The minimum Gasteiger partial charge on any atom is -0.394 e. The van der Waals surface area contributed by atoms with E-state index in [0.717, 1.165) is 4.57 Å². The van der Waals surface area contributed by atoms with Gasteiger partial charge in [0, 0.05) is 12.6 Å². The summed E-state index contributed by atoms with van der Waals surface area (Å²) in [6, 6.07) is 1.37. The minimum absolute atomic E-state index is 0.0358. The van der Waals surface area contributed by atoms with Crippen molar-refractivity contribution >= 4 is 16.2 Å². The molecule has 0 aromatic carbocycles. The van der Waals surface area contributed by atoms with E-state index in [1.807, 2.05) is 0 Å². The predicted octanol–water partition coefficient (Wildman–Crippen LogP) is -1.71. The Balaban J connectivity index is 2.22. The van der Waals surface area contributed by atoms with E-state index in [-0.39, 0.29) is 12.2 Å². The van der Waals surface area contributed by atoms with Crippen molar-refractivity contribution in [1.29, 1.82) is 0 Å². The highest BCUT2D eigenvalue weighted by Crippen LogP contribution is 2.30. The summed E-state index contributed by atoms with van der Waals surface area (Å²) in [6.07, 6.45) is -1.70. The minimum atomic E-state index is -4.69. The lowest BCUT2D eigenvalue weighted by molar-refractivity contribution is -0.0424. The predicted molar refractivity (Wildman–Crippen MR) is 64.9 cm³/mol. The monoisotopic (exact) mass is 307 g/mol. The maximum Gasteiger partial charge on any atom is 0.397 e. The van der Waals surface area contributed by atoms with E-state index in [4.69, 9.17) is 20.1 Å². The zero-order chi connectivity index (χ0) is 14.9. The highest BCUT2D eigenvalue weighted by molar-refractivity contribution is 7.80. The Bertz CT molecular complexity index is 643. The van der Waals surface area contributed by atoms with Gasteiger partial charge in [-0.2, -0.15) is 13.4 Å². The molecule has 2 heterocycles. The van der Waals surface area contributed by atoms with Gasteiger partial charge in [0.25, 0.3) is 0 Å².